The number of aliphatic hydroxyl groups is 6. The van der Waals surface area contributed by atoms with E-state index >= 15 is 0 Å². The maximum Gasteiger partial charge on any atom is 0.354 e. The van der Waals surface area contributed by atoms with Crippen molar-refractivity contribution in [3.8, 4) is 90.1 Å². The van der Waals surface area contributed by atoms with Gasteiger partial charge < -0.3 is 35.7 Å². The zero-order valence-corrected chi connectivity index (χ0v) is 79.5. The molecule has 0 aliphatic rings. The molecule has 5 aromatic heterocycles. The zero-order valence-electron chi connectivity index (χ0n) is 70.2. The summed E-state index contributed by atoms with van der Waals surface area (Å²) in [6, 6.07) is 89.2. The Morgan fingerprint density at radius 1 is 0.292 bits per heavy atom. The maximum absolute atomic E-state index is 13.7. The third-order valence-corrected chi connectivity index (χ3v) is 17.7. The Bertz CT molecular complexity index is 5790. The number of carbonyl (C=O) groups is 1. The number of carboxylic acid groups (broad SMARTS) is 1. The molecule has 6 atom stereocenters. The van der Waals surface area contributed by atoms with Crippen LogP contribution in [0.25, 0.3) is 134 Å². The average Bonchev–Trinajstić information content (AvgIpc) is 0.780. The van der Waals surface area contributed by atoms with Gasteiger partial charge in [0.15, 0.2) is 0 Å². The van der Waals surface area contributed by atoms with Crippen molar-refractivity contribution in [3.63, 3.8) is 0 Å². The summed E-state index contributed by atoms with van der Waals surface area (Å²) in [7, 11) is 0. The van der Waals surface area contributed by atoms with Gasteiger partial charge in [-0.1, -0.05) is 115 Å². The number of aliphatic hydroxyl groups excluding tert-OH is 6. The number of hydrogen-bond donors (Lipinski definition) is 7. The Morgan fingerprint density at radius 2 is 0.585 bits per heavy atom. The first kappa shape index (κ1) is 107. The summed E-state index contributed by atoms with van der Waals surface area (Å²) >= 11 is 0. The van der Waals surface area contributed by atoms with Crippen LogP contribution >= 0.6 is 0 Å². The maximum atomic E-state index is 13.7. The van der Waals surface area contributed by atoms with Gasteiger partial charge in [-0.05, 0) is 180 Å². The molecule has 5 heterocycles. The number of halogens is 8. The molecular weight excluding hydrogens is 2390 g/mol. The molecule has 17 aromatic rings. The van der Waals surface area contributed by atoms with Crippen LogP contribution in [0.2, 0.25) is 0 Å². The molecule has 0 saturated carbocycles. The van der Waals surface area contributed by atoms with Crippen molar-refractivity contribution in [3.05, 3.63) is 368 Å². The average molecular weight is 2480 g/mol. The first-order valence-corrected chi connectivity index (χ1v) is 39.6. The van der Waals surface area contributed by atoms with Crippen LogP contribution in [0.4, 0.5) is 35.1 Å². The van der Waals surface area contributed by atoms with Crippen molar-refractivity contribution >= 4 is 50.1 Å². The van der Waals surface area contributed by atoms with Crippen molar-refractivity contribution in [2.75, 3.05) is 0 Å². The van der Waals surface area contributed by atoms with Crippen LogP contribution in [-0.2, 0) is 82.3 Å². The van der Waals surface area contributed by atoms with Crippen LogP contribution in [-0.4, -0.2) is 123 Å². The molecule has 0 fully saturated rings. The van der Waals surface area contributed by atoms with Crippen LogP contribution in [0, 0.1) is 70.8 Å². The molecule has 130 heavy (non-hydrogen) atoms. The molecule has 0 saturated heterocycles. The van der Waals surface area contributed by atoms with E-state index in [1.165, 1.54) is 60.8 Å². The Labute approximate surface area is 801 Å². The molecule has 2 radical (unpaired) electrons. The SMILES string of the molecule is CC(O)CC(C)O.CC(O)CC(C)O.CC(O)CC(C)O.Fc1[c-]c(-c2nc3ccccc3nc2-c2cc(F)cc(F)c2)cc(F)c1.Fc1c[c-]c(-c2nc3ccccc3nc2-c2ccc(F)cc2)cc1.Fc1c[c-]c(-c2nc3ccccc3nc2-c2ccc(F)cc2)cc1.O=C(O)c1ccccn1.[Ir].[Ir].[Pt].[Pt].[c-]1ccccc1-c1nc2ccccc2nc1-c1ccccc1. The van der Waals surface area contributed by atoms with Crippen molar-refractivity contribution in [1.29, 1.82) is 0 Å². The summed E-state index contributed by atoms with van der Waals surface area (Å²) < 4.78 is 108. The fourth-order valence-electron chi connectivity index (χ4n) is 12.3. The van der Waals surface area contributed by atoms with Gasteiger partial charge in [0.2, 0.25) is 0 Å². The third kappa shape index (κ3) is 33.2. The van der Waals surface area contributed by atoms with E-state index in [1.807, 2.05) is 115 Å². The van der Waals surface area contributed by atoms with Gasteiger partial charge in [-0.15, -0.1) is 113 Å². The fourth-order valence-corrected chi connectivity index (χ4v) is 12.3. The van der Waals surface area contributed by atoms with Crippen molar-refractivity contribution in [2.45, 2.75) is 97.4 Å². The van der Waals surface area contributed by atoms with Gasteiger partial charge >= 0.3 is 5.97 Å². The normalized spacial score (nSPS) is 11.7. The van der Waals surface area contributed by atoms with Gasteiger partial charge in [0.25, 0.3) is 0 Å². The molecule has 0 bridgehead atoms. The molecule has 29 heteroatoms. The molecular formula is C101H85F8Ir2N9O8Pt2-4. The second kappa shape index (κ2) is 53.6. The number of rotatable bonds is 15. The van der Waals surface area contributed by atoms with Gasteiger partial charge in [-0.25, -0.2) is 36.1 Å². The number of carboxylic acids is 1. The molecule has 0 amide bonds. The summed E-state index contributed by atoms with van der Waals surface area (Å²) in [5.74, 6) is -5.67. The van der Waals surface area contributed by atoms with Crippen LogP contribution in [0.1, 0.15) is 71.3 Å². The molecule has 7 N–H and O–H groups in total. The van der Waals surface area contributed by atoms with E-state index in [9.17, 15) is 39.9 Å². The molecule has 12 aromatic carbocycles. The second-order valence-electron chi connectivity index (χ2n) is 28.7. The molecule has 6 unspecified atom stereocenters. The van der Waals surface area contributed by atoms with Crippen molar-refractivity contribution in [2.24, 2.45) is 0 Å². The quantitative estimate of drug-likeness (QED) is 0.0371. The third-order valence-electron chi connectivity index (χ3n) is 17.7. The molecule has 680 valence electrons. The number of fused-ring (bicyclic) bond motifs is 4. The van der Waals surface area contributed by atoms with E-state index in [2.05, 4.69) is 71.3 Å². The minimum absolute atomic E-state index is 0. The van der Waals surface area contributed by atoms with E-state index in [-0.39, 0.29) is 170 Å². The topological polar surface area (TPSA) is 275 Å². The molecule has 0 spiro atoms. The summed E-state index contributed by atoms with van der Waals surface area (Å²) in [5.41, 5.74) is 15.0. The summed E-state index contributed by atoms with van der Waals surface area (Å²) in [4.78, 5) is 50.9. The van der Waals surface area contributed by atoms with Gasteiger partial charge in [-0.2, -0.15) is 0 Å². The van der Waals surface area contributed by atoms with E-state index in [4.69, 9.17) is 45.7 Å². The Hall–Kier alpha value is -11.5. The van der Waals surface area contributed by atoms with Crippen molar-refractivity contribution in [1.82, 2.24) is 44.9 Å². The predicted octanol–water partition coefficient (Wildman–Crippen LogP) is 21.4. The number of pyridine rings is 1. The molecule has 17 rings (SSSR count). The van der Waals surface area contributed by atoms with E-state index in [0.29, 0.717) is 70.3 Å². The van der Waals surface area contributed by atoms with Crippen LogP contribution in [0.5, 0.6) is 0 Å². The minimum Gasteiger partial charge on any atom is -0.477 e. The van der Waals surface area contributed by atoms with E-state index in [0.717, 1.165) is 91.0 Å². The number of nitrogens with zero attached hydrogens (tertiary/aromatic N) is 9. The van der Waals surface area contributed by atoms with E-state index < -0.39 is 29.2 Å². The molecule has 0 aliphatic carbocycles. The van der Waals surface area contributed by atoms with Crippen LogP contribution in [0.3, 0.4) is 0 Å². The fraction of sp³-hybridized carbons (Fsp3) is 0.149. The Kier molecular flexibility index (Phi) is 44.2. The van der Waals surface area contributed by atoms with Crippen LogP contribution < -0.4 is 0 Å². The number of hydrogen-bond acceptors (Lipinski definition) is 16. The number of para-hydroxylation sites is 8. The number of aromatic carboxylic acids is 1. The summed E-state index contributed by atoms with van der Waals surface area (Å²) in [6.45, 7) is 9.96. The summed E-state index contributed by atoms with van der Waals surface area (Å²) in [5, 5.41) is 59.7. The molecule has 0 aliphatic heterocycles. The predicted molar refractivity (Wildman–Crippen MR) is 472 cm³/mol. The monoisotopic (exact) mass is 2480 g/mol. The number of benzene rings is 12. The minimum atomic E-state index is -0.990. The first-order valence-electron chi connectivity index (χ1n) is 39.6. The Balaban J connectivity index is 0.000000239. The van der Waals surface area contributed by atoms with Crippen molar-refractivity contribution < 1.29 is 158 Å². The Morgan fingerprint density at radius 3 is 0.869 bits per heavy atom. The van der Waals surface area contributed by atoms with Gasteiger partial charge in [0.05, 0.1) is 104 Å². The summed E-state index contributed by atoms with van der Waals surface area (Å²) in [6.07, 6.45) is 0.615. The molecule has 17 nitrogen and oxygen atoms in total. The van der Waals surface area contributed by atoms with Gasteiger partial charge in [0, 0.05) is 141 Å². The van der Waals surface area contributed by atoms with Crippen LogP contribution in [0.15, 0.2) is 291 Å². The smallest absolute Gasteiger partial charge is 0.354 e. The first-order chi connectivity index (χ1) is 60.5. The van der Waals surface area contributed by atoms with Gasteiger partial charge in [0.1, 0.15) is 29.0 Å². The zero-order chi connectivity index (χ0) is 90.3. The largest absolute Gasteiger partial charge is 0.477 e. The van der Waals surface area contributed by atoms with E-state index in [1.54, 1.807) is 114 Å². The van der Waals surface area contributed by atoms with Gasteiger partial charge in [-0.3, -0.25) is 48.7 Å². The standard InChI is InChI=1S/C20H9F4N2.2C20H11F2N2.C20H13N2.C6H5NO2.3C5H12O2.2Ir.2Pt/c21-13-5-11(6-14(22)9-13)19-20(12-7-15(23)10-16(24)8-12)26-18-4-2-1-3-17(18)25-19;2*21-15-9-5-13(6-10-15)19-20(14-7-11-16(22)12-8-14)24-18-4-2-1-3-17(18)23-19;1-3-9-15(10-4-1)19-20(16-11-5-2-6-12-16)22-18-14-8-7-13-17(18)21-19;8-6(9)5-3-1-2-4-7-5;3*1-4(6)3-5(2)7;;;;/h1-7,9-10H;2*1-7,9-12H;1-11,13-14H;1-4H,(H,8,9);3*4-7H,3H2,1-2H3;;;;/q4*-1;;;;;;;;. The second-order valence-corrected chi connectivity index (χ2v) is 28.7. The number of aromatic nitrogens is 9.